The van der Waals surface area contributed by atoms with Crippen molar-refractivity contribution in [1.29, 1.82) is 0 Å². The van der Waals surface area contributed by atoms with E-state index >= 15 is 0 Å². The predicted molar refractivity (Wildman–Crippen MR) is 90.2 cm³/mol. The number of aliphatic imine (C=N–C) groups is 1. The van der Waals surface area contributed by atoms with Gasteiger partial charge in [-0.3, -0.25) is 9.78 Å². The number of carbonyl (C=O) groups excluding carboxylic acids is 1. The van der Waals surface area contributed by atoms with Gasteiger partial charge in [-0.15, -0.1) is 0 Å². The molecule has 2 N–H and O–H groups in total. The second-order valence-corrected chi connectivity index (χ2v) is 5.37. The minimum absolute atomic E-state index is 0.139. The van der Waals surface area contributed by atoms with Crippen LogP contribution in [0, 0.1) is 0 Å². The monoisotopic (exact) mass is 359 g/mol. The molecular weight excluding hydrogens is 335 g/mol. The summed E-state index contributed by atoms with van der Waals surface area (Å²) < 4.78 is 36.5. The highest BCUT2D eigenvalue weighted by atomic mass is 19.4. The van der Waals surface area contributed by atoms with Crippen LogP contribution in [0.25, 0.3) is 0 Å². The SMILES string of the molecule is CCNC(=NCC(=O)N(C)CCc1ccccn1)NCCC(F)(F)F. The number of aromatic nitrogens is 1. The number of amides is 1. The standard InChI is InChI=1S/C16H24F3N5O/c1-3-20-15(22-10-8-16(17,18)19)23-12-14(25)24(2)11-7-13-6-4-5-9-21-13/h4-6,9H,3,7-8,10-12H2,1-2H3,(H2,20,22,23). The Morgan fingerprint density at radius 3 is 2.68 bits per heavy atom. The summed E-state index contributed by atoms with van der Waals surface area (Å²) >= 11 is 0. The molecule has 0 bridgehead atoms. The van der Waals surface area contributed by atoms with Gasteiger partial charge in [-0.05, 0) is 19.1 Å². The summed E-state index contributed by atoms with van der Waals surface area (Å²) in [6.07, 6.45) is -2.88. The van der Waals surface area contributed by atoms with Crippen molar-refractivity contribution in [2.24, 2.45) is 4.99 Å². The third-order valence-electron chi connectivity index (χ3n) is 3.27. The highest BCUT2D eigenvalue weighted by molar-refractivity contribution is 5.84. The quantitative estimate of drug-likeness (QED) is 0.546. The van der Waals surface area contributed by atoms with Crippen molar-refractivity contribution in [2.45, 2.75) is 25.9 Å². The van der Waals surface area contributed by atoms with Gasteiger partial charge in [0.1, 0.15) is 6.54 Å². The number of hydrogen-bond acceptors (Lipinski definition) is 3. The first kappa shape index (κ1) is 20.7. The van der Waals surface area contributed by atoms with Gasteiger partial charge < -0.3 is 15.5 Å². The zero-order chi connectivity index (χ0) is 18.7. The number of halogens is 3. The molecule has 1 aromatic heterocycles. The van der Waals surface area contributed by atoms with E-state index in [0.29, 0.717) is 19.5 Å². The molecular formula is C16H24F3N5O. The molecule has 0 aliphatic carbocycles. The van der Waals surface area contributed by atoms with E-state index in [9.17, 15) is 18.0 Å². The highest BCUT2D eigenvalue weighted by Gasteiger charge is 2.26. The van der Waals surface area contributed by atoms with Crippen LogP contribution < -0.4 is 10.6 Å². The Morgan fingerprint density at radius 1 is 1.32 bits per heavy atom. The third-order valence-corrected chi connectivity index (χ3v) is 3.27. The van der Waals surface area contributed by atoms with Crippen LogP contribution in [0.5, 0.6) is 0 Å². The van der Waals surface area contributed by atoms with Gasteiger partial charge in [0.2, 0.25) is 5.91 Å². The topological polar surface area (TPSA) is 69.6 Å². The van der Waals surface area contributed by atoms with E-state index < -0.39 is 12.6 Å². The number of alkyl halides is 3. The molecule has 0 aromatic carbocycles. The van der Waals surface area contributed by atoms with Crippen LogP contribution in [-0.2, 0) is 11.2 Å². The molecule has 9 heteroatoms. The van der Waals surface area contributed by atoms with Gasteiger partial charge in [-0.25, -0.2) is 4.99 Å². The van der Waals surface area contributed by atoms with Crippen LogP contribution in [0.2, 0.25) is 0 Å². The maximum Gasteiger partial charge on any atom is 0.390 e. The number of rotatable bonds is 8. The molecule has 6 nitrogen and oxygen atoms in total. The van der Waals surface area contributed by atoms with Gasteiger partial charge in [-0.1, -0.05) is 6.07 Å². The average molecular weight is 359 g/mol. The van der Waals surface area contributed by atoms with Crippen LogP contribution >= 0.6 is 0 Å². The molecule has 140 valence electrons. The first-order valence-electron chi connectivity index (χ1n) is 8.04. The fourth-order valence-electron chi connectivity index (χ4n) is 1.88. The highest BCUT2D eigenvalue weighted by Crippen LogP contribution is 2.17. The van der Waals surface area contributed by atoms with E-state index in [-0.39, 0.29) is 25.0 Å². The Labute approximate surface area is 145 Å². The largest absolute Gasteiger partial charge is 0.390 e. The molecule has 1 rings (SSSR count). The molecule has 0 unspecified atom stereocenters. The Morgan fingerprint density at radius 2 is 2.08 bits per heavy atom. The predicted octanol–water partition coefficient (Wildman–Crippen LogP) is 1.59. The fraction of sp³-hybridized carbons (Fsp3) is 0.562. The smallest absolute Gasteiger partial charge is 0.357 e. The van der Waals surface area contributed by atoms with E-state index in [1.165, 1.54) is 4.90 Å². The number of nitrogens with zero attached hydrogens (tertiary/aromatic N) is 3. The lowest BCUT2D eigenvalue weighted by Gasteiger charge is -2.17. The van der Waals surface area contributed by atoms with Crippen LogP contribution in [0.1, 0.15) is 19.0 Å². The van der Waals surface area contributed by atoms with Crippen molar-refractivity contribution in [3.8, 4) is 0 Å². The molecule has 0 spiro atoms. The van der Waals surface area contributed by atoms with Gasteiger partial charge in [0.15, 0.2) is 5.96 Å². The lowest BCUT2D eigenvalue weighted by molar-refractivity contribution is -0.133. The molecule has 0 aliphatic rings. The second-order valence-electron chi connectivity index (χ2n) is 5.37. The Hall–Kier alpha value is -2.32. The maximum atomic E-state index is 12.2. The van der Waals surface area contributed by atoms with Crippen LogP contribution in [0.15, 0.2) is 29.4 Å². The zero-order valence-electron chi connectivity index (χ0n) is 14.4. The third kappa shape index (κ3) is 9.53. The average Bonchev–Trinajstić information content (AvgIpc) is 2.57. The van der Waals surface area contributed by atoms with E-state index in [4.69, 9.17) is 0 Å². The molecule has 1 heterocycles. The molecule has 0 aliphatic heterocycles. The summed E-state index contributed by atoms with van der Waals surface area (Å²) in [6.45, 7) is 2.34. The zero-order valence-corrected chi connectivity index (χ0v) is 14.4. The Kier molecular flexibility index (Phi) is 8.73. The van der Waals surface area contributed by atoms with E-state index in [1.807, 2.05) is 18.2 Å². The van der Waals surface area contributed by atoms with Crippen LogP contribution in [-0.4, -0.2) is 61.2 Å². The molecule has 0 radical (unpaired) electrons. The van der Waals surface area contributed by atoms with Gasteiger partial charge in [-0.2, -0.15) is 13.2 Å². The van der Waals surface area contributed by atoms with Gasteiger partial charge >= 0.3 is 6.18 Å². The summed E-state index contributed by atoms with van der Waals surface area (Å²) in [4.78, 5) is 21.8. The first-order valence-corrected chi connectivity index (χ1v) is 8.04. The summed E-state index contributed by atoms with van der Waals surface area (Å²) in [7, 11) is 1.66. The van der Waals surface area contributed by atoms with Crippen LogP contribution in [0.4, 0.5) is 13.2 Å². The molecule has 1 aromatic rings. The molecule has 0 fully saturated rings. The van der Waals surface area contributed by atoms with Crippen LogP contribution in [0.3, 0.4) is 0 Å². The first-order chi connectivity index (χ1) is 11.8. The van der Waals surface area contributed by atoms with Gasteiger partial charge in [0.05, 0.1) is 6.42 Å². The number of nitrogens with one attached hydrogen (secondary N) is 2. The lowest BCUT2D eigenvalue weighted by Crippen LogP contribution is -2.40. The Balaban J connectivity index is 2.43. The van der Waals surface area contributed by atoms with E-state index in [2.05, 4.69) is 20.6 Å². The van der Waals surface area contributed by atoms with E-state index in [1.54, 1.807) is 20.2 Å². The van der Waals surface area contributed by atoms with Crippen molar-refractivity contribution in [3.63, 3.8) is 0 Å². The number of hydrogen-bond donors (Lipinski definition) is 2. The molecule has 25 heavy (non-hydrogen) atoms. The molecule has 0 atom stereocenters. The summed E-state index contributed by atoms with van der Waals surface area (Å²) in [5.74, 6) is -0.0258. The summed E-state index contributed by atoms with van der Waals surface area (Å²) in [5.41, 5.74) is 0.882. The number of guanidine groups is 1. The number of likely N-dealkylation sites (N-methyl/N-ethyl adjacent to an activating group) is 1. The molecule has 1 amide bonds. The molecule has 0 saturated heterocycles. The van der Waals surface area contributed by atoms with Gasteiger partial charge in [0.25, 0.3) is 0 Å². The van der Waals surface area contributed by atoms with E-state index in [0.717, 1.165) is 5.69 Å². The van der Waals surface area contributed by atoms with Crippen molar-refractivity contribution in [3.05, 3.63) is 30.1 Å². The van der Waals surface area contributed by atoms with Crippen molar-refractivity contribution in [1.82, 2.24) is 20.5 Å². The fourth-order valence-corrected chi connectivity index (χ4v) is 1.88. The van der Waals surface area contributed by atoms with Crippen molar-refractivity contribution < 1.29 is 18.0 Å². The van der Waals surface area contributed by atoms with Crippen molar-refractivity contribution in [2.75, 3.05) is 33.2 Å². The number of carbonyl (C=O) groups is 1. The molecule has 0 saturated carbocycles. The summed E-state index contributed by atoms with van der Waals surface area (Å²) in [5, 5.41) is 5.38. The normalized spacial score (nSPS) is 12.0. The number of pyridine rings is 1. The minimum Gasteiger partial charge on any atom is -0.357 e. The minimum atomic E-state index is -4.23. The maximum absolute atomic E-state index is 12.2. The Bertz CT molecular complexity index is 548. The summed E-state index contributed by atoms with van der Waals surface area (Å²) in [6, 6.07) is 5.58. The lowest BCUT2D eigenvalue weighted by atomic mass is 10.2. The van der Waals surface area contributed by atoms with Crippen molar-refractivity contribution >= 4 is 11.9 Å². The van der Waals surface area contributed by atoms with Gasteiger partial charge in [0, 0.05) is 45.0 Å². The second kappa shape index (κ2) is 10.5.